The first-order valence-corrected chi connectivity index (χ1v) is 5.58. The maximum absolute atomic E-state index is 11.1. The molecule has 0 bridgehead atoms. The maximum Gasteiger partial charge on any atom is 0.346 e. The van der Waals surface area contributed by atoms with E-state index in [1.54, 1.807) is 6.20 Å². The first kappa shape index (κ1) is 10.2. The Bertz CT molecular complexity index is 380. The molecule has 0 unspecified atom stereocenters. The normalized spacial score (nSPS) is 17.7. The van der Waals surface area contributed by atoms with Crippen LogP contribution in [0, 0.1) is 6.92 Å². The zero-order valence-corrected chi connectivity index (χ0v) is 9.05. The molecule has 0 saturated heterocycles. The van der Waals surface area contributed by atoms with Gasteiger partial charge in [0.2, 0.25) is 0 Å². The molecule has 0 spiro atoms. The van der Waals surface area contributed by atoms with Gasteiger partial charge in [-0.25, -0.2) is 9.78 Å². The smallest absolute Gasteiger partial charge is 0.346 e. The first-order valence-electron chi connectivity index (χ1n) is 5.58. The van der Waals surface area contributed by atoms with Gasteiger partial charge in [-0.2, -0.15) is 0 Å². The van der Waals surface area contributed by atoms with Crippen LogP contribution < -0.4 is 11.0 Å². The SMILES string of the molecule is Cc1cnc(=O)[nH]c1NC1CCCCC1. The molecule has 15 heavy (non-hydrogen) atoms. The van der Waals surface area contributed by atoms with Crippen LogP contribution in [0.25, 0.3) is 0 Å². The van der Waals surface area contributed by atoms with Crippen LogP contribution in [0.2, 0.25) is 0 Å². The monoisotopic (exact) mass is 207 g/mol. The van der Waals surface area contributed by atoms with Crippen molar-refractivity contribution >= 4 is 5.82 Å². The van der Waals surface area contributed by atoms with Crippen molar-refractivity contribution in [2.75, 3.05) is 5.32 Å². The molecule has 1 aliphatic rings. The Morgan fingerprint density at radius 2 is 2.13 bits per heavy atom. The minimum atomic E-state index is -0.279. The molecule has 0 atom stereocenters. The number of nitrogens with zero attached hydrogens (tertiary/aromatic N) is 1. The molecule has 1 saturated carbocycles. The first-order chi connectivity index (χ1) is 7.25. The van der Waals surface area contributed by atoms with E-state index >= 15 is 0 Å². The molecule has 0 aliphatic heterocycles. The van der Waals surface area contributed by atoms with Gasteiger partial charge < -0.3 is 5.32 Å². The van der Waals surface area contributed by atoms with Crippen molar-refractivity contribution in [3.05, 3.63) is 22.2 Å². The number of aromatic amines is 1. The van der Waals surface area contributed by atoms with Gasteiger partial charge in [0.15, 0.2) is 0 Å². The summed E-state index contributed by atoms with van der Waals surface area (Å²) in [6, 6.07) is 0.510. The third kappa shape index (κ3) is 2.58. The van der Waals surface area contributed by atoms with Crippen LogP contribution in [-0.2, 0) is 0 Å². The fourth-order valence-electron chi connectivity index (χ4n) is 2.06. The highest BCUT2D eigenvalue weighted by atomic mass is 16.1. The van der Waals surface area contributed by atoms with Gasteiger partial charge in [-0.1, -0.05) is 19.3 Å². The Hall–Kier alpha value is -1.32. The van der Waals surface area contributed by atoms with Crippen LogP contribution in [-0.4, -0.2) is 16.0 Å². The molecule has 0 aromatic carbocycles. The Morgan fingerprint density at radius 3 is 2.87 bits per heavy atom. The highest BCUT2D eigenvalue weighted by Crippen LogP contribution is 2.21. The van der Waals surface area contributed by atoms with Crippen molar-refractivity contribution in [3.8, 4) is 0 Å². The molecule has 0 amide bonds. The van der Waals surface area contributed by atoms with E-state index in [1.807, 2.05) is 6.92 Å². The fourth-order valence-corrected chi connectivity index (χ4v) is 2.06. The quantitative estimate of drug-likeness (QED) is 0.777. The second-order valence-corrected chi connectivity index (χ2v) is 4.23. The molecule has 0 radical (unpaired) electrons. The van der Waals surface area contributed by atoms with Gasteiger partial charge in [-0.3, -0.25) is 4.98 Å². The lowest BCUT2D eigenvalue weighted by atomic mass is 9.95. The van der Waals surface area contributed by atoms with Crippen molar-refractivity contribution in [3.63, 3.8) is 0 Å². The van der Waals surface area contributed by atoms with Crippen LogP contribution in [0.3, 0.4) is 0 Å². The summed E-state index contributed by atoms with van der Waals surface area (Å²) in [5, 5.41) is 3.39. The Morgan fingerprint density at radius 1 is 1.40 bits per heavy atom. The summed E-state index contributed by atoms with van der Waals surface area (Å²) in [6.45, 7) is 1.95. The van der Waals surface area contributed by atoms with E-state index in [4.69, 9.17) is 0 Å². The second-order valence-electron chi connectivity index (χ2n) is 4.23. The maximum atomic E-state index is 11.1. The summed E-state index contributed by atoms with van der Waals surface area (Å²) in [7, 11) is 0. The molecule has 4 heteroatoms. The molecule has 1 aromatic rings. The highest BCUT2D eigenvalue weighted by molar-refractivity contribution is 5.41. The summed E-state index contributed by atoms with van der Waals surface area (Å²) in [4.78, 5) is 17.5. The van der Waals surface area contributed by atoms with Gasteiger partial charge in [0.05, 0.1) is 0 Å². The second kappa shape index (κ2) is 4.47. The number of aromatic nitrogens is 2. The van der Waals surface area contributed by atoms with E-state index in [2.05, 4.69) is 15.3 Å². The van der Waals surface area contributed by atoms with E-state index in [1.165, 1.54) is 32.1 Å². The third-order valence-corrected chi connectivity index (χ3v) is 2.96. The van der Waals surface area contributed by atoms with Crippen LogP contribution in [0.1, 0.15) is 37.7 Å². The van der Waals surface area contributed by atoms with E-state index in [9.17, 15) is 4.79 Å². The van der Waals surface area contributed by atoms with Crippen molar-refractivity contribution in [2.24, 2.45) is 0 Å². The number of hydrogen-bond acceptors (Lipinski definition) is 3. The van der Waals surface area contributed by atoms with Gasteiger partial charge in [-0.15, -0.1) is 0 Å². The Balaban J connectivity index is 2.08. The predicted molar refractivity (Wildman–Crippen MR) is 60.1 cm³/mol. The third-order valence-electron chi connectivity index (χ3n) is 2.96. The van der Waals surface area contributed by atoms with Crippen LogP contribution in [0.5, 0.6) is 0 Å². The predicted octanol–water partition coefficient (Wildman–Crippen LogP) is 1.82. The molecule has 82 valence electrons. The molecule has 4 nitrogen and oxygen atoms in total. The van der Waals surface area contributed by atoms with E-state index in [0.717, 1.165) is 11.4 Å². The molecule has 2 N–H and O–H groups in total. The fraction of sp³-hybridized carbons (Fsp3) is 0.636. The summed E-state index contributed by atoms with van der Waals surface area (Å²) in [5.41, 5.74) is 0.721. The van der Waals surface area contributed by atoms with Crippen LogP contribution >= 0.6 is 0 Å². The molecule has 1 aliphatic carbocycles. The van der Waals surface area contributed by atoms with Gasteiger partial charge in [-0.05, 0) is 19.8 Å². The topological polar surface area (TPSA) is 57.8 Å². The number of H-pyrrole nitrogens is 1. The molecule has 1 fully saturated rings. The zero-order valence-electron chi connectivity index (χ0n) is 9.05. The standard InChI is InChI=1S/C11H17N3O/c1-8-7-12-11(15)14-10(8)13-9-5-3-2-4-6-9/h7,9H,2-6H2,1H3,(H2,12,13,14,15). The number of aryl methyl sites for hydroxylation is 1. The average Bonchev–Trinajstić information content (AvgIpc) is 2.25. The van der Waals surface area contributed by atoms with Crippen LogP contribution in [0.4, 0.5) is 5.82 Å². The molecule has 1 heterocycles. The Labute approximate surface area is 89.1 Å². The lowest BCUT2D eigenvalue weighted by molar-refractivity contribution is 0.461. The molecule has 1 aromatic heterocycles. The molecule has 2 rings (SSSR count). The molecular formula is C11H17N3O. The largest absolute Gasteiger partial charge is 0.369 e. The zero-order chi connectivity index (χ0) is 10.7. The van der Waals surface area contributed by atoms with Crippen molar-refractivity contribution < 1.29 is 0 Å². The Kier molecular flexibility index (Phi) is 3.04. The van der Waals surface area contributed by atoms with Crippen LogP contribution in [0.15, 0.2) is 11.0 Å². The van der Waals surface area contributed by atoms with Gasteiger partial charge in [0, 0.05) is 17.8 Å². The van der Waals surface area contributed by atoms with Crippen molar-refractivity contribution in [1.82, 2.24) is 9.97 Å². The number of hydrogen-bond donors (Lipinski definition) is 2. The minimum absolute atomic E-state index is 0.279. The number of rotatable bonds is 2. The highest BCUT2D eigenvalue weighted by Gasteiger charge is 2.13. The van der Waals surface area contributed by atoms with Crippen molar-refractivity contribution in [1.29, 1.82) is 0 Å². The molecular weight excluding hydrogens is 190 g/mol. The van der Waals surface area contributed by atoms with E-state index < -0.39 is 0 Å². The summed E-state index contributed by atoms with van der Waals surface area (Å²) in [5.74, 6) is 0.835. The lowest BCUT2D eigenvalue weighted by Crippen LogP contribution is -2.25. The van der Waals surface area contributed by atoms with Gasteiger partial charge in [0.25, 0.3) is 0 Å². The van der Waals surface area contributed by atoms with Gasteiger partial charge >= 0.3 is 5.69 Å². The van der Waals surface area contributed by atoms with E-state index in [-0.39, 0.29) is 5.69 Å². The van der Waals surface area contributed by atoms with E-state index in [0.29, 0.717) is 6.04 Å². The van der Waals surface area contributed by atoms with Gasteiger partial charge in [0.1, 0.15) is 5.82 Å². The lowest BCUT2D eigenvalue weighted by Gasteiger charge is -2.24. The number of nitrogens with one attached hydrogen (secondary N) is 2. The minimum Gasteiger partial charge on any atom is -0.369 e. The summed E-state index contributed by atoms with van der Waals surface area (Å²) < 4.78 is 0. The summed E-state index contributed by atoms with van der Waals surface area (Å²) in [6.07, 6.45) is 7.92. The summed E-state index contributed by atoms with van der Waals surface area (Å²) >= 11 is 0. The average molecular weight is 207 g/mol. The van der Waals surface area contributed by atoms with Crippen molar-refractivity contribution in [2.45, 2.75) is 45.1 Å². The number of anilines is 1.